The van der Waals surface area contributed by atoms with Gasteiger partial charge in [-0.15, -0.1) is 0 Å². The Morgan fingerprint density at radius 1 is 1.05 bits per heavy atom. The van der Waals surface area contributed by atoms with E-state index in [1.807, 2.05) is 0 Å². The van der Waals surface area contributed by atoms with Crippen LogP contribution >= 0.6 is 0 Å². The quantitative estimate of drug-likeness (QED) is 0.830. The first-order valence-electron chi connectivity index (χ1n) is 7.89. The molecular formula is C19H21NO. The summed E-state index contributed by atoms with van der Waals surface area (Å²) in [4.78, 5) is 2.51. The van der Waals surface area contributed by atoms with Crippen LogP contribution in [0.25, 0.3) is 0 Å². The second-order valence-electron chi connectivity index (χ2n) is 6.15. The molecule has 2 heteroatoms. The fraction of sp³-hybridized carbons (Fsp3) is 0.368. The van der Waals surface area contributed by atoms with Gasteiger partial charge in [0.2, 0.25) is 0 Å². The molecule has 0 aliphatic carbocycles. The highest BCUT2D eigenvalue weighted by Gasteiger charge is 2.26. The van der Waals surface area contributed by atoms with Gasteiger partial charge in [0.05, 0.1) is 12.2 Å². The van der Waals surface area contributed by atoms with Gasteiger partial charge in [0.25, 0.3) is 0 Å². The van der Waals surface area contributed by atoms with Gasteiger partial charge in [-0.25, -0.2) is 0 Å². The van der Waals surface area contributed by atoms with Crippen LogP contribution in [-0.2, 0) is 12.8 Å². The van der Waals surface area contributed by atoms with E-state index in [2.05, 4.69) is 48.2 Å². The normalized spacial score (nSPS) is 16.3. The maximum absolute atomic E-state index is 5.85. The molecule has 21 heavy (non-hydrogen) atoms. The van der Waals surface area contributed by atoms with Gasteiger partial charge in [0.15, 0.2) is 0 Å². The minimum absolute atomic E-state index is 0.823. The Morgan fingerprint density at radius 3 is 2.76 bits per heavy atom. The Hall–Kier alpha value is -1.96. The zero-order chi connectivity index (χ0) is 14.2. The molecule has 2 aromatic rings. The second-order valence-corrected chi connectivity index (χ2v) is 6.15. The van der Waals surface area contributed by atoms with E-state index in [0.717, 1.165) is 25.3 Å². The van der Waals surface area contributed by atoms with Crippen molar-refractivity contribution in [1.29, 1.82) is 0 Å². The maximum Gasteiger partial charge on any atom is 0.142 e. The molecule has 0 atom stereocenters. The van der Waals surface area contributed by atoms with Crippen molar-refractivity contribution in [2.75, 3.05) is 24.6 Å². The molecule has 2 aromatic carbocycles. The van der Waals surface area contributed by atoms with Gasteiger partial charge < -0.3 is 9.64 Å². The van der Waals surface area contributed by atoms with Crippen molar-refractivity contribution in [3.8, 4) is 5.75 Å². The van der Waals surface area contributed by atoms with Crippen molar-refractivity contribution in [1.82, 2.24) is 0 Å². The zero-order valence-electron chi connectivity index (χ0n) is 12.6. The molecule has 2 heterocycles. The van der Waals surface area contributed by atoms with Crippen molar-refractivity contribution < 1.29 is 4.74 Å². The Kier molecular flexibility index (Phi) is 3.10. The zero-order valence-corrected chi connectivity index (χ0v) is 12.6. The lowest BCUT2D eigenvalue weighted by atomic mass is 9.91. The summed E-state index contributed by atoms with van der Waals surface area (Å²) in [5, 5.41) is 0. The van der Waals surface area contributed by atoms with E-state index in [-0.39, 0.29) is 0 Å². The highest BCUT2D eigenvalue weighted by molar-refractivity contribution is 5.69. The number of benzene rings is 2. The monoisotopic (exact) mass is 279 g/mol. The summed E-state index contributed by atoms with van der Waals surface area (Å²) in [6.07, 6.45) is 3.47. The van der Waals surface area contributed by atoms with Gasteiger partial charge in [-0.05, 0) is 48.9 Å². The molecular weight excluding hydrogens is 258 g/mol. The van der Waals surface area contributed by atoms with Crippen LogP contribution in [0.2, 0.25) is 0 Å². The van der Waals surface area contributed by atoms with Crippen molar-refractivity contribution in [2.45, 2.75) is 26.2 Å². The average Bonchev–Trinajstić information content (AvgIpc) is 2.52. The first-order valence-corrected chi connectivity index (χ1v) is 7.89. The van der Waals surface area contributed by atoms with Crippen LogP contribution in [0.3, 0.4) is 0 Å². The SMILES string of the molecule is Cc1ccc(Cc2ccc3c4c2CCCN4CCO3)cc1. The summed E-state index contributed by atoms with van der Waals surface area (Å²) >= 11 is 0. The number of rotatable bonds is 2. The standard InChI is InChI=1S/C19H21NO/c1-14-4-6-15(7-5-14)13-16-8-9-18-19-17(16)3-2-10-20(19)11-12-21-18/h4-9H,2-3,10-13H2,1H3. The summed E-state index contributed by atoms with van der Waals surface area (Å²) < 4.78 is 5.85. The van der Waals surface area contributed by atoms with E-state index in [4.69, 9.17) is 4.74 Å². The fourth-order valence-corrected chi connectivity index (χ4v) is 3.54. The van der Waals surface area contributed by atoms with Crippen LogP contribution in [0.1, 0.15) is 28.7 Å². The van der Waals surface area contributed by atoms with Gasteiger partial charge in [-0.3, -0.25) is 0 Å². The Balaban J connectivity index is 1.73. The average molecular weight is 279 g/mol. The molecule has 0 amide bonds. The molecule has 0 saturated carbocycles. The van der Waals surface area contributed by atoms with Crippen LogP contribution in [-0.4, -0.2) is 19.7 Å². The predicted octanol–water partition coefficient (Wildman–Crippen LogP) is 3.73. The summed E-state index contributed by atoms with van der Waals surface area (Å²) in [5.74, 6) is 1.09. The maximum atomic E-state index is 5.85. The third kappa shape index (κ3) is 2.29. The molecule has 0 bridgehead atoms. The van der Waals surface area contributed by atoms with E-state index < -0.39 is 0 Å². The minimum atomic E-state index is 0.823. The molecule has 2 nitrogen and oxygen atoms in total. The Bertz CT molecular complexity index is 658. The number of ether oxygens (including phenoxy) is 1. The summed E-state index contributed by atoms with van der Waals surface area (Å²) in [6, 6.07) is 13.3. The number of hydrogen-bond donors (Lipinski definition) is 0. The van der Waals surface area contributed by atoms with Crippen molar-refractivity contribution in [2.24, 2.45) is 0 Å². The largest absolute Gasteiger partial charge is 0.490 e. The summed E-state index contributed by atoms with van der Waals surface area (Å²) in [5.41, 5.74) is 7.07. The van der Waals surface area contributed by atoms with Crippen molar-refractivity contribution in [3.05, 3.63) is 58.7 Å². The molecule has 0 N–H and O–H groups in total. The first-order chi connectivity index (χ1) is 10.3. The predicted molar refractivity (Wildman–Crippen MR) is 86.5 cm³/mol. The second kappa shape index (κ2) is 5.10. The Labute approximate surface area is 126 Å². The third-order valence-corrected chi connectivity index (χ3v) is 4.65. The highest BCUT2D eigenvalue weighted by atomic mass is 16.5. The van der Waals surface area contributed by atoms with Gasteiger partial charge in [0, 0.05) is 6.54 Å². The first kappa shape index (κ1) is 12.8. The molecule has 108 valence electrons. The topological polar surface area (TPSA) is 12.5 Å². The van der Waals surface area contributed by atoms with E-state index in [9.17, 15) is 0 Å². The number of aryl methyl sites for hydroxylation is 1. The van der Waals surface area contributed by atoms with Crippen LogP contribution in [0.4, 0.5) is 5.69 Å². The third-order valence-electron chi connectivity index (χ3n) is 4.65. The molecule has 0 saturated heterocycles. The van der Waals surface area contributed by atoms with Gasteiger partial charge in [-0.1, -0.05) is 35.9 Å². The number of nitrogens with zero attached hydrogens (tertiary/aromatic N) is 1. The van der Waals surface area contributed by atoms with E-state index in [1.165, 1.54) is 47.3 Å². The lowest BCUT2D eigenvalue weighted by molar-refractivity contribution is 0.304. The summed E-state index contributed by atoms with van der Waals surface area (Å²) in [7, 11) is 0. The highest BCUT2D eigenvalue weighted by Crippen LogP contribution is 2.40. The van der Waals surface area contributed by atoms with Gasteiger partial charge in [-0.2, -0.15) is 0 Å². The molecule has 0 fully saturated rings. The molecule has 0 radical (unpaired) electrons. The fourth-order valence-electron chi connectivity index (χ4n) is 3.54. The molecule has 0 unspecified atom stereocenters. The van der Waals surface area contributed by atoms with Crippen LogP contribution in [0.15, 0.2) is 36.4 Å². The van der Waals surface area contributed by atoms with E-state index >= 15 is 0 Å². The molecule has 2 aliphatic heterocycles. The molecule has 0 spiro atoms. The molecule has 2 aliphatic rings. The van der Waals surface area contributed by atoms with Crippen molar-refractivity contribution in [3.63, 3.8) is 0 Å². The number of hydrogen-bond acceptors (Lipinski definition) is 2. The smallest absolute Gasteiger partial charge is 0.142 e. The van der Waals surface area contributed by atoms with Gasteiger partial charge in [0.1, 0.15) is 12.4 Å². The van der Waals surface area contributed by atoms with Gasteiger partial charge >= 0.3 is 0 Å². The molecule has 0 aromatic heterocycles. The summed E-state index contributed by atoms with van der Waals surface area (Å²) in [6.45, 7) is 5.18. The van der Waals surface area contributed by atoms with E-state index in [0.29, 0.717) is 0 Å². The minimum Gasteiger partial charge on any atom is -0.490 e. The van der Waals surface area contributed by atoms with E-state index in [1.54, 1.807) is 0 Å². The lowest BCUT2D eigenvalue weighted by Gasteiger charge is -2.37. The van der Waals surface area contributed by atoms with Crippen LogP contribution in [0, 0.1) is 6.92 Å². The number of anilines is 1. The molecule has 4 rings (SSSR count). The Morgan fingerprint density at radius 2 is 1.90 bits per heavy atom. The lowest BCUT2D eigenvalue weighted by Crippen LogP contribution is -2.37. The van der Waals surface area contributed by atoms with Crippen LogP contribution < -0.4 is 9.64 Å². The van der Waals surface area contributed by atoms with Crippen molar-refractivity contribution >= 4 is 5.69 Å². The van der Waals surface area contributed by atoms with Crippen LogP contribution in [0.5, 0.6) is 5.75 Å².